The average molecular weight is 158 g/mol. The minimum atomic E-state index is -3.13. The van der Waals surface area contributed by atoms with E-state index in [9.17, 15) is 0 Å². The predicted molar refractivity (Wildman–Crippen MR) is 48.7 cm³/mol. The maximum atomic E-state index is 8.01. The van der Waals surface area contributed by atoms with Gasteiger partial charge in [0.25, 0.3) is 0 Å². The van der Waals surface area contributed by atoms with E-state index >= 15 is 0 Å². The van der Waals surface area contributed by atoms with Crippen LogP contribution in [0.4, 0.5) is 0 Å². The number of likely N-dealkylation sites (N-methyl/N-ethyl adjacent to an activating group) is 1. The van der Waals surface area contributed by atoms with Crippen molar-refractivity contribution in [1.29, 1.82) is 0 Å². The first-order chi connectivity index (χ1) is 8.92. The Hall–Kier alpha value is -0.820. The van der Waals surface area contributed by atoms with E-state index in [1.54, 1.807) is 18.2 Å². The highest BCUT2D eigenvalue weighted by Crippen LogP contribution is 2.01. The van der Waals surface area contributed by atoms with Gasteiger partial charge >= 0.3 is 0 Å². The van der Waals surface area contributed by atoms with Crippen LogP contribution in [0.3, 0.4) is 0 Å². The summed E-state index contributed by atoms with van der Waals surface area (Å²) in [6.07, 6.45) is -1.73. The second kappa shape index (κ2) is 4.14. The lowest BCUT2D eigenvalue weighted by molar-refractivity contribution is 0.608. The fourth-order valence-electron chi connectivity index (χ4n) is 0.739. The Labute approximate surface area is 81.1 Å². The standard InChI is InChI=1S/C10H15N/c1-9(11-2)8-10-6-4-3-5-7-10/h3-7,9,11H,8H2,1-2H3/i1D3,2D3,8D,9D/hD. The molecule has 2 unspecified atom stereocenters. The molecule has 0 aromatic heterocycles. The number of nitrogens with one attached hydrogen (secondary N) is 1. The minimum absolute atomic E-state index is 0.167. The van der Waals surface area contributed by atoms with E-state index in [4.69, 9.17) is 12.4 Å². The van der Waals surface area contributed by atoms with Gasteiger partial charge in [0.2, 0.25) is 0 Å². The lowest BCUT2D eigenvalue weighted by Gasteiger charge is -2.08. The molecule has 0 bridgehead atoms. The van der Waals surface area contributed by atoms with Gasteiger partial charge in [0.15, 0.2) is 0 Å². The van der Waals surface area contributed by atoms with Gasteiger partial charge in [0.1, 0.15) is 1.41 Å². The van der Waals surface area contributed by atoms with E-state index in [0.717, 1.165) is 0 Å². The van der Waals surface area contributed by atoms with Gasteiger partial charge in [-0.25, -0.2) is 0 Å². The zero-order valence-corrected chi connectivity index (χ0v) is 5.91. The van der Waals surface area contributed by atoms with Crippen molar-refractivity contribution in [2.75, 3.05) is 6.98 Å². The van der Waals surface area contributed by atoms with Crippen molar-refractivity contribution < 1.29 is 12.4 Å². The smallest absolute Gasteiger partial charge is 0.122 e. The van der Waals surface area contributed by atoms with Gasteiger partial charge < -0.3 is 5.31 Å². The Morgan fingerprint density at radius 3 is 3.18 bits per heavy atom. The molecule has 1 aromatic rings. The topological polar surface area (TPSA) is 12.0 Å². The first-order valence-corrected chi connectivity index (χ1v) is 3.19. The Morgan fingerprint density at radius 1 is 1.73 bits per heavy atom. The Balaban J connectivity index is 3.34. The molecule has 0 spiro atoms. The highest BCUT2D eigenvalue weighted by molar-refractivity contribution is 5.15. The van der Waals surface area contributed by atoms with E-state index < -0.39 is 26.2 Å². The molecule has 0 heterocycles. The summed E-state index contributed by atoms with van der Waals surface area (Å²) in [5.74, 6) is 0. The van der Waals surface area contributed by atoms with Gasteiger partial charge in [-0.15, -0.1) is 0 Å². The third-order valence-electron chi connectivity index (χ3n) is 1.22. The molecule has 0 aliphatic carbocycles. The molecule has 0 saturated carbocycles. The maximum Gasteiger partial charge on any atom is 0.122 e. The average Bonchev–Trinajstić information content (AvgIpc) is 2.34. The molecule has 0 amide bonds. The molecule has 2 atom stereocenters. The van der Waals surface area contributed by atoms with Crippen LogP contribution >= 0.6 is 0 Å². The normalized spacial score (nSPS) is 33.4. The van der Waals surface area contributed by atoms with Crippen LogP contribution in [-0.4, -0.2) is 13.0 Å². The van der Waals surface area contributed by atoms with E-state index in [1.807, 2.05) is 0 Å². The maximum absolute atomic E-state index is 8.01. The Morgan fingerprint density at radius 2 is 2.55 bits per heavy atom. The van der Waals surface area contributed by atoms with Crippen LogP contribution in [0.15, 0.2) is 30.3 Å². The van der Waals surface area contributed by atoms with E-state index in [2.05, 4.69) is 0 Å². The number of hydrogen-bond donors (Lipinski definition) is 1. The summed E-state index contributed by atoms with van der Waals surface area (Å²) in [6, 6.07) is 4.72. The molecule has 1 N–H and O–H groups in total. The van der Waals surface area contributed by atoms with Crippen molar-refractivity contribution in [3.05, 3.63) is 35.9 Å². The molecule has 0 aliphatic heterocycles. The molecule has 0 radical (unpaired) electrons. The van der Waals surface area contributed by atoms with Crippen LogP contribution in [-0.2, 0) is 6.40 Å². The van der Waals surface area contributed by atoms with Gasteiger partial charge in [-0.3, -0.25) is 0 Å². The van der Waals surface area contributed by atoms with Crippen LogP contribution in [0.25, 0.3) is 0 Å². The zero-order valence-electron chi connectivity index (χ0n) is 14.9. The lowest BCUT2D eigenvalue weighted by Crippen LogP contribution is -2.23. The van der Waals surface area contributed by atoms with Gasteiger partial charge in [0.05, 0.1) is 0 Å². The van der Waals surface area contributed by atoms with Crippen molar-refractivity contribution in [2.45, 2.75) is 19.3 Å². The minimum Gasteiger partial charge on any atom is -0.317 e. The van der Waals surface area contributed by atoms with Crippen molar-refractivity contribution in [2.24, 2.45) is 0 Å². The van der Waals surface area contributed by atoms with Crippen LogP contribution < -0.4 is 5.31 Å². The van der Waals surface area contributed by atoms with Crippen LogP contribution in [0, 0.1) is 0 Å². The summed E-state index contributed by atoms with van der Waals surface area (Å²) in [5.41, 5.74) is 0.167. The monoisotopic (exact) mass is 158 g/mol. The predicted octanol–water partition coefficient (Wildman–Crippen LogP) is 1.84. The largest absolute Gasteiger partial charge is 0.317 e. The second-order valence-corrected chi connectivity index (χ2v) is 2.05. The van der Waals surface area contributed by atoms with E-state index in [0.29, 0.717) is 0 Å². The summed E-state index contributed by atoms with van der Waals surface area (Å²) >= 11 is 0. The van der Waals surface area contributed by atoms with Crippen molar-refractivity contribution in [1.82, 2.24) is 5.31 Å². The van der Waals surface area contributed by atoms with Gasteiger partial charge in [-0.2, -0.15) is 0 Å². The van der Waals surface area contributed by atoms with Gasteiger partial charge in [-0.1, -0.05) is 30.3 Å². The Kier molecular flexibility index (Phi) is 0.878. The van der Waals surface area contributed by atoms with Crippen molar-refractivity contribution in [3.63, 3.8) is 0 Å². The molecule has 1 heteroatoms. The van der Waals surface area contributed by atoms with Gasteiger partial charge in [0, 0.05) is 17.0 Å². The fourth-order valence-corrected chi connectivity index (χ4v) is 0.739. The summed E-state index contributed by atoms with van der Waals surface area (Å²) in [6.45, 7) is -6.24. The van der Waals surface area contributed by atoms with Crippen LogP contribution in [0.1, 0.15) is 23.4 Å². The van der Waals surface area contributed by atoms with Crippen molar-refractivity contribution >= 4 is 0 Å². The number of benzene rings is 1. The van der Waals surface area contributed by atoms with Gasteiger partial charge in [-0.05, 0) is 25.8 Å². The zero-order chi connectivity index (χ0) is 15.8. The summed E-state index contributed by atoms with van der Waals surface area (Å²) < 4.78 is 67.1. The molecule has 0 aliphatic rings. The second-order valence-electron chi connectivity index (χ2n) is 2.05. The number of hydrogen-bond acceptors (Lipinski definition) is 1. The number of rotatable bonds is 3. The molecular formula is C10H15N. The van der Waals surface area contributed by atoms with Crippen LogP contribution in [0.2, 0.25) is 1.41 Å². The third kappa shape index (κ3) is 2.72. The van der Waals surface area contributed by atoms with E-state index in [1.165, 1.54) is 12.1 Å². The molecule has 0 fully saturated rings. The van der Waals surface area contributed by atoms with E-state index in [-0.39, 0.29) is 10.9 Å². The molecule has 1 nitrogen and oxygen atoms in total. The quantitative estimate of drug-likeness (QED) is 0.708. The first kappa shape index (κ1) is 2.33. The molecule has 0 saturated heterocycles. The summed E-state index contributed by atoms with van der Waals surface area (Å²) in [7, 11) is 0. The Bertz CT molecular complexity index is 440. The molecule has 1 rings (SSSR count). The SMILES string of the molecule is [2H]C(c1ccccc1)C([2H])(N([2H])C([2H])([2H])[2H])C([2H])([2H])[2H]. The summed E-state index contributed by atoms with van der Waals surface area (Å²) in [4.78, 5) is 0. The van der Waals surface area contributed by atoms with Crippen LogP contribution in [0.5, 0.6) is 0 Å². The lowest BCUT2D eigenvalue weighted by atomic mass is 10.1. The molecular weight excluding hydrogens is 134 g/mol. The highest BCUT2D eigenvalue weighted by Gasteiger charge is 1.97. The fraction of sp³-hybridized carbons (Fsp3) is 0.400. The third-order valence-corrected chi connectivity index (χ3v) is 1.22. The molecule has 1 aromatic carbocycles. The summed E-state index contributed by atoms with van der Waals surface area (Å²) in [5, 5.41) is -0.280. The molecule has 11 heavy (non-hydrogen) atoms. The first-order valence-electron chi connectivity index (χ1n) is 7.71. The molecule has 60 valence electrons. The highest BCUT2D eigenvalue weighted by atomic mass is 14.8. The van der Waals surface area contributed by atoms with Crippen molar-refractivity contribution in [3.8, 4) is 0 Å².